The zero-order chi connectivity index (χ0) is 14.0. The second-order valence-electron chi connectivity index (χ2n) is 4.49. The van der Waals surface area contributed by atoms with Gasteiger partial charge in [0.25, 0.3) is 0 Å². The molecule has 1 unspecified atom stereocenters. The Labute approximate surface area is 109 Å². The highest BCUT2D eigenvalue weighted by molar-refractivity contribution is 5.26. The largest absolute Gasteiger partial charge is 0.418 e. The first-order valence-corrected chi connectivity index (χ1v) is 5.83. The number of alkyl halides is 3. The highest BCUT2D eigenvalue weighted by Gasteiger charge is 2.39. The predicted octanol–water partition coefficient (Wildman–Crippen LogP) is 3.44. The summed E-state index contributed by atoms with van der Waals surface area (Å²) in [6, 6.07) is 8.96. The second-order valence-corrected chi connectivity index (χ2v) is 4.49. The van der Waals surface area contributed by atoms with Crippen molar-refractivity contribution in [1.82, 2.24) is 4.57 Å². The molecule has 19 heavy (non-hydrogen) atoms. The number of halogens is 3. The number of hydrogen-bond acceptors (Lipinski definition) is 1. The third kappa shape index (κ3) is 3.17. The zero-order valence-electron chi connectivity index (χ0n) is 10.4. The van der Waals surface area contributed by atoms with E-state index in [1.807, 2.05) is 31.2 Å². The SMILES string of the molecule is Cc1ccccc1Cn1ccc(C(O)C(F)(F)F)c1. The van der Waals surface area contributed by atoms with E-state index in [4.69, 9.17) is 5.11 Å². The molecule has 0 radical (unpaired) electrons. The van der Waals surface area contributed by atoms with E-state index in [2.05, 4.69) is 0 Å². The van der Waals surface area contributed by atoms with Gasteiger partial charge in [0.15, 0.2) is 6.10 Å². The van der Waals surface area contributed by atoms with Crippen molar-refractivity contribution in [2.24, 2.45) is 0 Å². The van der Waals surface area contributed by atoms with Crippen molar-refractivity contribution in [3.05, 3.63) is 59.4 Å². The Balaban J connectivity index is 2.16. The molecular formula is C14H14F3NO. The molecule has 1 heterocycles. The van der Waals surface area contributed by atoms with Crippen LogP contribution in [0.2, 0.25) is 0 Å². The molecule has 0 fully saturated rings. The number of rotatable bonds is 3. The van der Waals surface area contributed by atoms with Crippen LogP contribution >= 0.6 is 0 Å². The Morgan fingerprint density at radius 1 is 1.21 bits per heavy atom. The van der Waals surface area contributed by atoms with Crippen molar-refractivity contribution >= 4 is 0 Å². The smallest absolute Gasteiger partial charge is 0.379 e. The van der Waals surface area contributed by atoms with Gasteiger partial charge >= 0.3 is 6.18 Å². The van der Waals surface area contributed by atoms with E-state index in [1.165, 1.54) is 18.5 Å². The summed E-state index contributed by atoms with van der Waals surface area (Å²) in [5.41, 5.74) is 1.97. The molecule has 0 aliphatic heterocycles. The van der Waals surface area contributed by atoms with Crippen molar-refractivity contribution in [1.29, 1.82) is 0 Å². The first-order valence-electron chi connectivity index (χ1n) is 5.83. The Morgan fingerprint density at radius 2 is 1.89 bits per heavy atom. The quantitative estimate of drug-likeness (QED) is 0.907. The lowest BCUT2D eigenvalue weighted by Gasteiger charge is -2.12. The topological polar surface area (TPSA) is 25.2 Å². The minimum Gasteiger partial charge on any atom is -0.379 e. The van der Waals surface area contributed by atoms with Crippen molar-refractivity contribution in [2.45, 2.75) is 25.7 Å². The van der Waals surface area contributed by atoms with E-state index in [9.17, 15) is 13.2 Å². The van der Waals surface area contributed by atoms with Gasteiger partial charge in [0, 0.05) is 24.5 Å². The summed E-state index contributed by atoms with van der Waals surface area (Å²) in [6.07, 6.45) is -4.19. The summed E-state index contributed by atoms with van der Waals surface area (Å²) in [7, 11) is 0. The van der Waals surface area contributed by atoms with Gasteiger partial charge in [-0.15, -0.1) is 0 Å². The first kappa shape index (κ1) is 13.7. The zero-order valence-corrected chi connectivity index (χ0v) is 10.4. The first-order chi connectivity index (χ1) is 8.88. The maximum absolute atomic E-state index is 12.4. The van der Waals surface area contributed by atoms with Crippen LogP contribution in [0.25, 0.3) is 0 Å². The summed E-state index contributed by atoms with van der Waals surface area (Å²) in [5.74, 6) is 0. The molecule has 1 aromatic heterocycles. The third-order valence-corrected chi connectivity index (χ3v) is 3.01. The van der Waals surface area contributed by atoms with Crippen molar-refractivity contribution in [3.63, 3.8) is 0 Å². The summed E-state index contributed by atoms with van der Waals surface area (Å²) in [6.45, 7) is 2.43. The lowest BCUT2D eigenvalue weighted by Crippen LogP contribution is -2.19. The maximum atomic E-state index is 12.4. The van der Waals surface area contributed by atoms with Gasteiger partial charge in [0.2, 0.25) is 0 Å². The Hall–Kier alpha value is -1.75. The van der Waals surface area contributed by atoms with Crippen LogP contribution in [0.3, 0.4) is 0 Å². The molecule has 0 amide bonds. The van der Waals surface area contributed by atoms with Gasteiger partial charge in [0.05, 0.1) is 0 Å². The lowest BCUT2D eigenvalue weighted by atomic mass is 10.1. The molecule has 1 N–H and O–H groups in total. The molecule has 2 rings (SSSR count). The summed E-state index contributed by atoms with van der Waals surface area (Å²) in [5, 5.41) is 9.15. The van der Waals surface area contributed by atoms with Crippen LogP contribution in [0, 0.1) is 6.92 Å². The molecule has 0 spiro atoms. The van der Waals surface area contributed by atoms with Crippen LogP contribution in [0.5, 0.6) is 0 Å². The molecule has 102 valence electrons. The van der Waals surface area contributed by atoms with Crippen LogP contribution < -0.4 is 0 Å². The van der Waals surface area contributed by atoms with Crippen molar-refractivity contribution < 1.29 is 18.3 Å². The van der Waals surface area contributed by atoms with Crippen LogP contribution in [0.15, 0.2) is 42.7 Å². The van der Waals surface area contributed by atoms with E-state index in [0.29, 0.717) is 6.54 Å². The van der Waals surface area contributed by atoms with Crippen LogP contribution in [0.4, 0.5) is 13.2 Å². The molecular weight excluding hydrogens is 255 g/mol. The number of hydrogen-bond donors (Lipinski definition) is 1. The van der Waals surface area contributed by atoms with Gasteiger partial charge in [-0.2, -0.15) is 13.2 Å². The van der Waals surface area contributed by atoms with Crippen LogP contribution in [-0.2, 0) is 6.54 Å². The molecule has 2 nitrogen and oxygen atoms in total. The molecule has 0 bridgehead atoms. The average molecular weight is 269 g/mol. The van der Waals surface area contributed by atoms with Crippen molar-refractivity contribution in [2.75, 3.05) is 0 Å². The van der Waals surface area contributed by atoms with E-state index in [-0.39, 0.29) is 5.56 Å². The molecule has 0 aliphatic rings. The Morgan fingerprint density at radius 3 is 2.53 bits per heavy atom. The molecule has 0 saturated carbocycles. The minimum absolute atomic E-state index is 0.138. The van der Waals surface area contributed by atoms with Gasteiger partial charge in [-0.1, -0.05) is 24.3 Å². The number of aliphatic hydroxyl groups is 1. The van der Waals surface area contributed by atoms with Crippen molar-refractivity contribution in [3.8, 4) is 0 Å². The number of aliphatic hydroxyl groups excluding tert-OH is 1. The van der Waals surface area contributed by atoms with Gasteiger partial charge < -0.3 is 9.67 Å². The number of nitrogens with zero attached hydrogens (tertiary/aromatic N) is 1. The number of aromatic nitrogens is 1. The molecule has 1 aromatic carbocycles. The monoisotopic (exact) mass is 269 g/mol. The molecule has 0 saturated heterocycles. The van der Waals surface area contributed by atoms with Crippen LogP contribution in [0.1, 0.15) is 22.8 Å². The third-order valence-electron chi connectivity index (χ3n) is 3.01. The molecule has 5 heteroatoms. The van der Waals surface area contributed by atoms with Gasteiger partial charge in [-0.05, 0) is 24.1 Å². The standard InChI is InChI=1S/C14H14F3NO/c1-10-4-2-3-5-11(10)8-18-7-6-12(9-18)13(19)14(15,16)17/h2-7,9,13,19H,8H2,1H3. The predicted molar refractivity (Wildman–Crippen MR) is 65.7 cm³/mol. The fraction of sp³-hybridized carbons (Fsp3) is 0.286. The Kier molecular flexibility index (Phi) is 3.66. The Bertz CT molecular complexity index is 560. The summed E-state index contributed by atoms with van der Waals surface area (Å²) >= 11 is 0. The number of aryl methyl sites for hydroxylation is 1. The normalized spacial score (nSPS) is 13.5. The highest BCUT2D eigenvalue weighted by Crippen LogP contribution is 2.32. The maximum Gasteiger partial charge on any atom is 0.418 e. The van der Waals surface area contributed by atoms with E-state index in [1.54, 1.807) is 4.57 Å². The molecule has 0 aliphatic carbocycles. The summed E-state index contributed by atoms with van der Waals surface area (Å²) in [4.78, 5) is 0. The van der Waals surface area contributed by atoms with Gasteiger partial charge in [-0.3, -0.25) is 0 Å². The van der Waals surface area contributed by atoms with E-state index in [0.717, 1.165) is 11.1 Å². The van der Waals surface area contributed by atoms with E-state index < -0.39 is 12.3 Å². The fourth-order valence-electron chi connectivity index (χ4n) is 1.89. The second kappa shape index (κ2) is 5.09. The highest BCUT2D eigenvalue weighted by atomic mass is 19.4. The van der Waals surface area contributed by atoms with Gasteiger partial charge in [-0.25, -0.2) is 0 Å². The number of benzene rings is 1. The molecule has 1 atom stereocenters. The molecule has 2 aromatic rings. The fourth-order valence-corrected chi connectivity index (χ4v) is 1.89. The van der Waals surface area contributed by atoms with Gasteiger partial charge in [0.1, 0.15) is 0 Å². The average Bonchev–Trinajstić information content (AvgIpc) is 2.78. The van der Waals surface area contributed by atoms with E-state index >= 15 is 0 Å². The summed E-state index contributed by atoms with van der Waals surface area (Å²) < 4.78 is 38.8. The minimum atomic E-state index is -4.63. The lowest BCUT2D eigenvalue weighted by molar-refractivity contribution is -0.206. The van der Waals surface area contributed by atoms with Crippen LogP contribution in [-0.4, -0.2) is 15.8 Å².